The van der Waals surface area contributed by atoms with Gasteiger partial charge in [0.2, 0.25) is 0 Å². The average Bonchev–Trinajstić information content (AvgIpc) is 3.29. The second-order valence-electron chi connectivity index (χ2n) is 13.4. The molecule has 1 heterocycles. The van der Waals surface area contributed by atoms with Gasteiger partial charge in [0.1, 0.15) is 5.60 Å². The lowest BCUT2D eigenvalue weighted by Gasteiger charge is -2.49. The first-order valence-electron chi connectivity index (χ1n) is 13.4. The highest BCUT2D eigenvalue weighted by Gasteiger charge is 2.56. The first kappa shape index (κ1) is 24.5. The number of hydrogen-bond acceptors (Lipinski definition) is 5. The molecule has 2 fully saturated rings. The van der Waals surface area contributed by atoms with E-state index in [4.69, 9.17) is 18.9 Å². The highest BCUT2D eigenvalue weighted by Crippen LogP contribution is 2.61. The van der Waals surface area contributed by atoms with Gasteiger partial charge in [-0.15, -0.1) is 0 Å². The molecular formula is C29H44O5. The first-order chi connectivity index (χ1) is 15.8. The Morgan fingerprint density at radius 2 is 1.62 bits per heavy atom. The largest absolute Gasteiger partial charge is 0.459 e. The third kappa shape index (κ3) is 4.30. The summed E-state index contributed by atoms with van der Waals surface area (Å²) >= 11 is 0. The van der Waals surface area contributed by atoms with E-state index in [-0.39, 0.29) is 29.0 Å². The molecule has 0 aromatic carbocycles. The van der Waals surface area contributed by atoms with Gasteiger partial charge in [0.05, 0.1) is 30.8 Å². The van der Waals surface area contributed by atoms with Crippen LogP contribution >= 0.6 is 0 Å². The van der Waals surface area contributed by atoms with Crippen LogP contribution in [0.15, 0.2) is 22.3 Å². The van der Waals surface area contributed by atoms with Crippen molar-refractivity contribution in [3.8, 4) is 0 Å². The van der Waals surface area contributed by atoms with E-state index >= 15 is 0 Å². The highest BCUT2D eigenvalue weighted by molar-refractivity contribution is 5.79. The minimum absolute atomic E-state index is 0.0659. The predicted molar refractivity (Wildman–Crippen MR) is 131 cm³/mol. The summed E-state index contributed by atoms with van der Waals surface area (Å²) < 4.78 is 24.8. The summed E-state index contributed by atoms with van der Waals surface area (Å²) in [5.41, 5.74) is 5.12. The summed E-state index contributed by atoms with van der Waals surface area (Å²) in [5, 5.41) is 0. The van der Waals surface area contributed by atoms with Crippen LogP contribution in [-0.2, 0) is 23.7 Å². The fourth-order valence-corrected chi connectivity index (χ4v) is 7.45. The van der Waals surface area contributed by atoms with Crippen LogP contribution in [0.3, 0.4) is 0 Å². The van der Waals surface area contributed by atoms with E-state index in [9.17, 15) is 4.79 Å². The van der Waals surface area contributed by atoms with Crippen molar-refractivity contribution in [3.05, 3.63) is 22.3 Å². The molecule has 4 aliphatic carbocycles. The van der Waals surface area contributed by atoms with E-state index in [1.165, 1.54) is 22.3 Å². The molecule has 1 spiro atoms. The van der Waals surface area contributed by atoms with Gasteiger partial charge in [-0.3, -0.25) is 4.79 Å². The molecule has 0 aromatic heterocycles. The molecule has 190 valence electrons. The van der Waals surface area contributed by atoms with Crippen LogP contribution in [0, 0.1) is 17.3 Å². The van der Waals surface area contributed by atoms with Crippen molar-refractivity contribution in [2.45, 2.75) is 123 Å². The van der Waals surface area contributed by atoms with Gasteiger partial charge in [-0.1, -0.05) is 12.5 Å². The zero-order valence-corrected chi connectivity index (χ0v) is 22.3. The van der Waals surface area contributed by atoms with Crippen LogP contribution < -0.4 is 0 Å². The molecule has 0 unspecified atom stereocenters. The molecule has 0 N–H and O–H groups in total. The van der Waals surface area contributed by atoms with Crippen LogP contribution in [0.4, 0.5) is 0 Å². The van der Waals surface area contributed by atoms with E-state index < -0.39 is 11.4 Å². The maximum atomic E-state index is 13.7. The SMILES string of the molecule is CC(C)(C)OC(=O)[C@@H]1CC2=C(CCC3(C2)OCCO3)C2=C1[C@H]1CC[C@H](OC(C)(C)C)[C@@]1(C)CC2. The molecule has 5 aliphatic rings. The number of esters is 1. The highest BCUT2D eigenvalue weighted by atomic mass is 16.7. The molecule has 5 rings (SSSR count). The number of carbonyl (C=O) groups excluding carboxylic acids is 1. The Morgan fingerprint density at radius 1 is 0.941 bits per heavy atom. The molecule has 0 aromatic rings. The monoisotopic (exact) mass is 472 g/mol. The second-order valence-corrected chi connectivity index (χ2v) is 13.4. The smallest absolute Gasteiger partial charge is 0.313 e. The summed E-state index contributed by atoms with van der Waals surface area (Å²) in [7, 11) is 0. The van der Waals surface area contributed by atoms with Gasteiger partial charge < -0.3 is 18.9 Å². The summed E-state index contributed by atoms with van der Waals surface area (Å²) in [5.74, 6) is -0.367. The van der Waals surface area contributed by atoms with Crippen molar-refractivity contribution in [1.29, 1.82) is 0 Å². The zero-order valence-electron chi connectivity index (χ0n) is 22.3. The molecule has 5 nitrogen and oxygen atoms in total. The third-order valence-electron chi connectivity index (χ3n) is 8.74. The fourth-order valence-electron chi connectivity index (χ4n) is 7.45. The van der Waals surface area contributed by atoms with Gasteiger partial charge in [0, 0.05) is 18.3 Å². The molecular weight excluding hydrogens is 428 g/mol. The summed E-state index contributed by atoms with van der Waals surface area (Å²) in [4.78, 5) is 13.7. The van der Waals surface area contributed by atoms with Gasteiger partial charge >= 0.3 is 5.97 Å². The molecule has 4 atom stereocenters. The van der Waals surface area contributed by atoms with Crippen molar-refractivity contribution in [1.82, 2.24) is 0 Å². The molecule has 1 saturated carbocycles. The van der Waals surface area contributed by atoms with Crippen LogP contribution in [0.25, 0.3) is 0 Å². The van der Waals surface area contributed by atoms with E-state index in [0.717, 1.165) is 51.4 Å². The summed E-state index contributed by atoms with van der Waals surface area (Å²) in [6.07, 6.45) is 7.97. The Labute approximate surface area is 205 Å². The van der Waals surface area contributed by atoms with Crippen molar-refractivity contribution in [2.24, 2.45) is 17.3 Å². The molecule has 1 aliphatic heterocycles. The normalized spacial score (nSPS) is 35.3. The van der Waals surface area contributed by atoms with Gasteiger partial charge in [0.15, 0.2) is 5.79 Å². The molecule has 5 heteroatoms. The Morgan fingerprint density at radius 3 is 2.26 bits per heavy atom. The molecule has 0 radical (unpaired) electrons. The molecule has 0 amide bonds. The number of fused-ring (bicyclic) bond motifs is 3. The minimum atomic E-state index is -0.497. The lowest BCUT2D eigenvalue weighted by atomic mass is 9.58. The van der Waals surface area contributed by atoms with Gasteiger partial charge in [-0.25, -0.2) is 0 Å². The third-order valence-corrected chi connectivity index (χ3v) is 8.74. The van der Waals surface area contributed by atoms with Crippen molar-refractivity contribution < 1.29 is 23.7 Å². The average molecular weight is 473 g/mol. The number of ether oxygens (including phenoxy) is 4. The van der Waals surface area contributed by atoms with Crippen LogP contribution in [0.1, 0.15) is 99.8 Å². The Kier molecular flexibility index (Phi) is 5.90. The molecule has 0 bridgehead atoms. The van der Waals surface area contributed by atoms with E-state index in [0.29, 0.717) is 19.1 Å². The zero-order chi connectivity index (χ0) is 24.5. The number of hydrogen-bond donors (Lipinski definition) is 0. The predicted octanol–water partition coefficient (Wildman–Crippen LogP) is 6.26. The Balaban J connectivity index is 1.53. The van der Waals surface area contributed by atoms with Crippen molar-refractivity contribution in [2.75, 3.05) is 13.2 Å². The van der Waals surface area contributed by atoms with Gasteiger partial charge in [0.25, 0.3) is 0 Å². The minimum Gasteiger partial charge on any atom is -0.459 e. The second kappa shape index (κ2) is 8.18. The number of carbonyl (C=O) groups is 1. The fraction of sp³-hybridized carbons (Fsp3) is 0.828. The summed E-state index contributed by atoms with van der Waals surface area (Å²) in [6, 6.07) is 0. The lowest BCUT2D eigenvalue weighted by molar-refractivity contribution is -0.166. The topological polar surface area (TPSA) is 54.0 Å². The number of rotatable bonds is 2. The standard InChI is InChI=1S/C29H44O5/c1-26(2,3)33-23-9-8-22-24-20(10-12-28(22,23)7)19-11-13-29(31-14-15-32-29)17-18(19)16-21(24)25(30)34-27(4,5)6/h21-23H,8-17H2,1-7H3/t21-,22-,23+,28+/m1/s1. The van der Waals surface area contributed by atoms with Gasteiger partial charge in [-0.2, -0.15) is 0 Å². The Hall–Kier alpha value is -1.17. The van der Waals surface area contributed by atoms with E-state index in [1.54, 1.807) is 0 Å². The van der Waals surface area contributed by atoms with E-state index in [2.05, 4.69) is 27.7 Å². The van der Waals surface area contributed by atoms with Crippen molar-refractivity contribution >= 4 is 5.97 Å². The first-order valence-corrected chi connectivity index (χ1v) is 13.4. The van der Waals surface area contributed by atoms with Crippen LogP contribution in [0.2, 0.25) is 0 Å². The maximum absolute atomic E-state index is 13.7. The van der Waals surface area contributed by atoms with Crippen LogP contribution in [0.5, 0.6) is 0 Å². The van der Waals surface area contributed by atoms with Crippen LogP contribution in [-0.4, -0.2) is 42.3 Å². The quantitative estimate of drug-likeness (QED) is 0.444. The van der Waals surface area contributed by atoms with E-state index in [1.807, 2.05) is 20.8 Å². The lowest BCUT2D eigenvalue weighted by Crippen LogP contribution is -2.45. The number of allylic oxidation sites excluding steroid dienone is 2. The molecule has 1 saturated heterocycles. The maximum Gasteiger partial charge on any atom is 0.313 e. The summed E-state index contributed by atoms with van der Waals surface area (Å²) in [6.45, 7) is 16.1. The van der Waals surface area contributed by atoms with Gasteiger partial charge in [-0.05, 0) is 103 Å². The van der Waals surface area contributed by atoms with Crippen molar-refractivity contribution in [3.63, 3.8) is 0 Å². The molecule has 34 heavy (non-hydrogen) atoms. The Bertz CT molecular complexity index is 908.